The maximum absolute atomic E-state index is 14.7. The van der Waals surface area contributed by atoms with Gasteiger partial charge in [-0.1, -0.05) is 11.6 Å². The predicted molar refractivity (Wildman–Crippen MR) is 161 cm³/mol. The van der Waals surface area contributed by atoms with Crippen LogP contribution < -0.4 is 20.5 Å². The van der Waals surface area contributed by atoms with Crippen molar-refractivity contribution < 1.29 is 41.7 Å². The summed E-state index contributed by atoms with van der Waals surface area (Å²) in [6, 6.07) is 9.86. The molecule has 4 N–H and O–H groups in total. The number of ether oxygens (including phenoxy) is 2. The quantitative estimate of drug-likeness (QED) is 0.180. The molecule has 0 aliphatic heterocycles. The monoisotopic (exact) mass is 660 g/mol. The number of amides is 2. The molecular weight excluding hydrogens is 632 g/mol. The molecule has 2 aromatic heterocycles. The number of aromatic nitrogens is 2. The molecule has 2 amide bonds. The Morgan fingerprint density at radius 1 is 1.11 bits per heavy atom. The van der Waals surface area contributed by atoms with E-state index in [9.17, 15) is 32.3 Å². The van der Waals surface area contributed by atoms with Gasteiger partial charge in [-0.05, 0) is 75.2 Å². The van der Waals surface area contributed by atoms with E-state index >= 15 is 0 Å². The molecule has 1 aliphatic carbocycles. The molecule has 0 spiro atoms. The molecule has 242 valence electrons. The van der Waals surface area contributed by atoms with E-state index < -0.39 is 48.1 Å². The molecule has 1 saturated carbocycles. The van der Waals surface area contributed by atoms with Crippen molar-refractivity contribution >= 4 is 34.3 Å². The van der Waals surface area contributed by atoms with Crippen LogP contribution in [0.1, 0.15) is 47.1 Å². The molecule has 14 heteroatoms. The lowest BCUT2D eigenvalue weighted by molar-refractivity contribution is -0.265. The second-order valence-electron chi connectivity index (χ2n) is 10.9. The zero-order chi connectivity index (χ0) is 33.4. The summed E-state index contributed by atoms with van der Waals surface area (Å²) in [5.74, 6) is -2.25. The van der Waals surface area contributed by atoms with Crippen LogP contribution in [0.5, 0.6) is 11.5 Å². The van der Waals surface area contributed by atoms with Crippen LogP contribution in [-0.2, 0) is 16.8 Å². The fourth-order valence-corrected chi connectivity index (χ4v) is 4.94. The van der Waals surface area contributed by atoms with Gasteiger partial charge in [0.2, 0.25) is 11.5 Å². The predicted octanol–water partition coefficient (Wildman–Crippen LogP) is 5.55. The van der Waals surface area contributed by atoms with Crippen molar-refractivity contribution in [3.63, 3.8) is 0 Å². The summed E-state index contributed by atoms with van der Waals surface area (Å²) in [6.45, 7) is 1.99. The van der Waals surface area contributed by atoms with E-state index in [4.69, 9.17) is 26.8 Å². The Kier molecular flexibility index (Phi) is 9.09. The number of pyridine rings is 2. The highest BCUT2D eigenvalue weighted by atomic mass is 35.5. The number of halogens is 5. The lowest BCUT2D eigenvalue weighted by atomic mass is 9.93. The summed E-state index contributed by atoms with van der Waals surface area (Å²) >= 11 is 6.24. The lowest BCUT2D eigenvalue weighted by Gasteiger charge is -2.31. The number of aliphatic hydroxyl groups is 1. The average molecular weight is 661 g/mol. The third kappa shape index (κ3) is 6.85. The largest absolute Gasteiger partial charge is 0.491 e. The van der Waals surface area contributed by atoms with Gasteiger partial charge in [-0.3, -0.25) is 9.59 Å². The first-order valence-electron chi connectivity index (χ1n) is 14.3. The van der Waals surface area contributed by atoms with Crippen molar-refractivity contribution in [2.45, 2.75) is 51.0 Å². The highest BCUT2D eigenvalue weighted by Crippen LogP contribution is 2.42. The van der Waals surface area contributed by atoms with Gasteiger partial charge in [-0.2, -0.15) is 13.2 Å². The number of nitrogens with zero attached hydrogens (tertiary/aromatic N) is 2. The van der Waals surface area contributed by atoms with Crippen molar-refractivity contribution in [2.75, 3.05) is 13.2 Å². The Bertz CT molecular complexity index is 1820. The topological polar surface area (TPSA) is 137 Å². The van der Waals surface area contributed by atoms with E-state index in [-0.39, 0.29) is 46.6 Å². The molecule has 2 aromatic carbocycles. The van der Waals surface area contributed by atoms with Gasteiger partial charge in [0.15, 0.2) is 0 Å². The standard InChI is InChI=1S/C32H29ClF4N4O5/c1-3-45-29-19(14-26(38)42)13-25(41-28(29)17-4-6-21(34)7-5-17)31(44,32(35,36)37)15-39-30(43)20-10-18-11-23(33)16(2)40-27(18)24(12-20)46-22-8-9-22/h4-7,10-13,22,44H,3,8-9,14-15H2,1-2H3,(H2,38,42)(H,39,43)/t31-/m0/s1. The number of nitrogens with one attached hydrogen (secondary N) is 1. The summed E-state index contributed by atoms with van der Waals surface area (Å²) < 4.78 is 69.4. The third-order valence-electron chi connectivity index (χ3n) is 7.31. The second kappa shape index (κ2) is 12.7. The first-order chi connectivity index (χ1) is 21.7. The van der Waals surface area contributed by atoms with Crippen LogP contribution in [0.4, 0.5) is 17.6 Å². The van der Waals surface area contributed by atoms with Crippen LogP contribution in [0.3, 0.4) is 0 Å². The maximum Gasteiger partial charge on any atom is 0.424 e. The Labute approximate surface area is 265 Å². The molecule has 0 bridgehead atoms. The number of alkyl halides is 3. The number of carbonyl (C=O) groups is 2. The van der Waals surface area contributed by atoms with Gasteiger partial charge in [-0.15, -0.1) is 0 Å². The van der Waals surface area contributed by atoms with Crippen LogP contribution in [0, 0.1) is 12.7 Å². The van der Waals surface area contributed by atoms with Crippen LogP contribution in [0.25, 0.3) is 22.2 Å². The number of nitrogens with two attached hydrogens (primary N) is 1. The molecule has 1 atom stereocenters. The molecule has 1 aliphatic rings. The second-order valence-corrected chi connectivity index (χ2v) is 11.3. The smallest absolute Gasteiger partial charge is 0.424 e. The summed E-state index contributed by atoms with van der Waals surface area (Å²) in [4.78, 5) is 33.8. The SMILES string of the molecule is CCOc1c(CC(N)=O)cc([C@@](O)(CNC(=O)c2cc(OC3CC3)c3nc(C)c(Cl)cc3c2)C(F)(F)F)nc1-c1ccc(F)cc1. The van der Waals surface area contributed by atoms with E-state index in [1.54, 1.807) is 19.9 Å². The van der Waals surface area contributed by atoms with Gasteiger partial charge in [0, 0.05) is 22.1 Å². The maximum atomic E-state index is 14.7. The number of hydrogen-bond donors (Lipinski definition) is 3. The average Bonchev–Trinajstić information content (AvgIpc) is 3.81. The minimum Gasteiger partial charge on any atom is -0.491 e. The number of hydrogen-bond acceptors (Lipinski definition) is 7. The van der Waals surface area contributed by atoms with E-state index in [2.05, 4.69) is 15.3 Å². The fraction of sp³-hybridized carbons (Fsp3) is 0.312. The van der Waals surface area contributed by atoms with E-state index in [1.165, 1.54) is 24.3 Å². The molecular formula is C32H29ClF4N4O5. The first kappa shape index (κ1) is 32.9. The summed E-state index contributed by atoms with van der Waals surface area (Å²) in [5, 5.41) is 14.2. The molecule has 5 rings (SSSR count). The van der Waals surface area contributed by atoms with Crippen molar-refractivity contribution in [2.24, 2.45) is 5.73 Å². The zero-order valence-electron chi connectivity index (χ0n) is 24.7. The van der Waals surface area contributed by atoms with Gasteiger partial charge >= 0.3 is 6.18 Å². The van der Waals surface area contributed by atoms with Crippen LogP contribution in [0.15, 0.2) is 48.5 Å². The Morgan fingerprint density at radius 2 is 1.80 bits per heavy atom. The Morgan fingerprint density at radius 3 is 2.41 bits per heavy atom. The normalized spacial score (nSPS) is 14.5. The van der Waals surface area contributed by atoms with Crippen LogP contribution in [-0.4, -0.2) is 52.3 Å². The van der Waals surface area contributed by atoms with Crippen molar-refractivity contribution in [1.82, 2.24) is 15.3 Å². The molecule has 4 aromatic rings. The fourth-order valence-electron chi connectivity index (χ4n) is 4.78. The summed E-state index contributed by atoms with van der Waals surface area (Å²) in [7, 11) is 0. The molecule has 1 fully saturated rings. The van der Waals surface area contributed by atoms with Gasteiger partial charge in [0.05, 0.1) is 42.1 Å². The molecule has 0 unspecified atom stereocenters. The number of benzene rings is 2. The van der Waals surface area contributed by atoms with Gasteiger partial charge in [0.25, 0.3) is 5.91 Å². The molecule has 0 saturated heterocycles. The highest BCUT2D eigenvalue weighted by molar-refractivity contribution is 6.31. The van der Waals surface area contributed by atoms with Gasteiger partial charge in [0.1, 0.15) is 28.5 Å². The van der Waals surface area contributed by atoms with Crippen molar-refractivity contribution in [3.05, 3.63) is 81.9 Å². The number of carbonyl (C=O) groups excluding carboxylic acids is 2. The van der Waals surface area contributed by atoms with E-state index in [0.29, 0.717) is 21.6 Å². The molecule has 2 heterocycles. The number of aryl methyl sites for hydroxylation is 1. The number of rotatable bonds is 11. The highest BCUT2D eigenvalue weighted by Gasteiger charge is 2.56. The van der Waals surface area contributed by atoms with Crippen LogP contribution >= 0.6 is 11.6 Å². The first-order valence-corrected chi connectivity index (χ1v) is 14.6. The number of primary amides is 1. The summed E-state index contributed by atoms with van der Waals surface area (Å²) in [5.41, 5.74) is 1.45. The van der Waals surface area contributed by atoms with Gasteiger partial charge in [-0.25, -0.2) is 14.4 Å². The Balaban J connectivity index is 1.56. The van der Waals surface area contributed by atoms with Crippen molar-refractivity contribution in [3.8, 4) is 22.8 Å². The van der Waals surface area contributed by atoms with Crippen LogP contribution in [0.2, 0.25) is 5.02 Å². The van der Waals surface area contributed by atoms with Crippen molar-refractivity contribution in [1.29, 1.82) is 0 Å². The number of fused-ring (bicyclic) bond motifs is 1. The molecule has 46 heavy (non-hydrogen) atoms. The zero-order valence-corrected chi connectivity index (χ0v) is 25.4. The molecule has 9 nitrogen and oxygen atoms in total. The minimum atomic E-state index is -5.37. The third-order valence-corrected chi connectivity index (χ3v) is 7.69. The Hall–Kier alpha value is -4.49. The van der Waals surface area contributed by atoms with Gasteiger partial charge < -0.3 is 25.6 Å². The summed E-state index contributed by atoms with van der Waals surface area (Å²) in [6.07, 6.45) is -4.41. The molecule has 0 radical (unpaired) electrons. The lowest BCUT2D eigenvalue weighted by Crippen LogP contribution is -2.51. The van der Waals surface area contributed by atoms with E-state index in [0.717, 1.165) is 31.0 Å². The minimum absolute atomic E-state index is 0.0408. The van der Waals surface area contributed by atoms with E-state index in [1.807, 2.05) is 0 Å².